The molecule has 3 heterocycles. The molecule has 0 aliphatic heterocycles. The fraction of sp³-hybridized carbons (Fsp3) is 0.269. The molecule has 0 radical (unpaired) electrons. The van der Waals surface area contributed by atoms with Crippen molar-refractivity contribution >= 4 is 34.6 Å². The van der Waals surface area contributed by atoms with Gasteiger partial charge in [-0.05, 0) is 42.3 Å². The third-order valence-corrected chi connectivity index (χ3v) is 5.81. The molecule has 4 rings (SSSR count). The van der Waals surface area contributed by atoms with E-state index in [0.717, 1.165) is 16.8 Å². The Labute approximate surface area is 219 Å². The minimum absolute atomic E-state index is 0.0560. The van der Waals surface area contributed by atoms with Crippen LogP contribution in [0, 0.1) is 0 Å². The van der Waals surface area contributed by atoms with Crippen LogP contribution in [0.4, 0.5) is 17.2 Å². The highest BCUT2D eigenvalue weighted by molar-refractivity contribution is 6.29. The van der Waals surface area contributed by atoms with Gasteiger partial charge in [0.2, 0.25) is 0 Å². The first kappa shape index (κ1) is 26.1. The lowest BCUT2D eigenvalue weighted by molar-refractivity contribution is 0.0988. The Balaban J connectivity index is 1.66. The Morgan fingerprint density at radius 2 is 2.03 bits per heavy atom. The molecule has 0 saturated heterocycles. The summed E-state index contributed by atoms with van der Waals surface area (Å²) in [4.78, 5) is 22.4. The number of nitrogens with two attached hydrogens (primary N) is 1. The van der Waals surface area contributed by atoms with Crippen molar-refractivity contribution in [3.8, 4) is 17.0 Å². The van der Waals surface area contributed by atoms with E-state index in [1.807, 2.05) is 24.3 Å². The van der Waals surface area contributed by atoms with Crippen molar-refractivity contribution in [3.05, 3.63) is 70.8 Å². The van der Waals surface area contributed by atoms with Crippen LogP contribution in [0.25, 0.3) is 11.3 Å². The molecule has 4 aromatic rings. The second-order valence-corrected chi connectivity index (χ2v) is 8.64. The number of pyridine rings is 2. The number of rotatable bonds is 11. The molecular weight excluding hydrogens is 494 g/mol. The van der Waals surface area contributed by atoms with Crippen LogP contribution >= 0.6 is 11.6 Å². The van der Waals surface area contributed by atoms with Crippen LogP contribution in [0.2, 0.25) is 5.15 Å². The van der Waals surface area contributed by atoms with Gasteiger partial charge in [0.1, 0.15) is 16.7 Å². The molecule has 10 nitrogen and oxygen atoms in total. The highest BCUT2D eigenvalue weighted by Gasteiger charge is 2.19. The Hall–Kier alpha value is -4.02. The molecule has 0 fully saturated rings. The number of nitrogens with one attached hydrogen (secondary N) is 1. The number of ketones is 1. The molecule has 0 saturated carbocycles. The van der Waals surface area contributed by atoms with Crippen molar-refractivity contribution in [1.82, 2.24) is 25.0 Å². The Kier molecular flexibility index (Phi) is 8.32. The first-order chi connectivity index (χ1) is 17.9. The van der Waals surface area contributed by atoms with Gasteiger partial charge in [-0.1, -0.05) is 24.6 Å². The van der Waals surface area contributed by atoms with Crippen molar-refractivity contribution < 1.29 is 14.3 Å². The number of anilines is 3. The minimum atomic E-state index is -0.0560. The SMILES string of the molecule is CCC(=O)c1cnc(Cl)cc1Nc1cc(CCOCc2cccc(N)n2)cc(-c2cnn(C)n2)c1OC. The molecule has 0 spiro atoms. The molecule has 0 aliphatic carbocycles. The molecule has 11 heteroatoms. The molecule has 192 valence electrons. The predicted molar refractivity (Wildman–Crippen MR) is 142 cm³/mol. The van der Waals surface area contributed by atoms with Crippen LogP contribution in [-0.2, 0) is 24.8 Å². The van der Waals surface area contributed by atoms with Crippen molar-refractivity contribution in [2.45, 2.75) is 26.4 Å². The van der Waals surface area contributed by atoms with Crippen LogP contribution in [0.5, 0.6) is 5.75 Å². The summed E-state index contributed by atoms with van der Waals surface area (Å²) in [5.74, 6) is 0.953. The van der Waals surface area contributed by atoms with Gasteiger partial charge in [-0.3, -0.25) is 4.79 Å². The lowest BCUT2D eigenvalue weighted by atomic mass is 10.0. The van der Waals surface area contributed by atoms with Gasteiger partial charge in [-0.2, -0.15) is 15.0 Å². The molecule has 0 amide bonds. The number of Topliss-reactive ketones (excluding diaryl/α,β-unsaturated/α-hetero) is 1. The van der Waals surface area contributed by atoms with E-state index in [0.29, 0.717) is 60.3 Å². The zero-order valence-electron chi connectivity index (χ0n) is 20.9. The van der Waals surface area contributed by atoms with E-state index in [2.05, 4.69) is 25.5 Å². The Bertz CT molecular complexity index is 1410. The smallest absolute Gasteiger partial charge is 0.166 e. The maximum Gasteiger partial charge on any atom is 0.166 e. The molecule has 0 unspecified atom stereocenters. The highest BCUT2D eigenvalue weighted by atomic mass is 35.5. The van der Waals surface area contributed by atoms with E-state index in [1.54, 1.807) is 39.4 Å². The number of hydrogen-bond donors (Lipinski definition) is 2. The first-order valence-corrected chi connectivity index (χ1v) is 12.1. The average molecular weight is 522 g/mol. The summed E-state index contributed by atoms with van der Waals surface area (Å²) in [6.07, 6.45) is 4.09. The number of carbonyl (C=O) groups is 1. The van der Waals surface area contributed by atoms with Crippen LogP contribution in [0.1, 0.15) is 35.0 Å². The number of aryl methyl sites for hydroxylation is 1. The van der Waals surface area contributed by atoms with Crippen molar-refractivity contribution in [3.63, 3.8) is 0 Å². The molecule has 0 aliphatic rings. The highest BCUT2D eigenvalue weighted by Crippen LogP contribution is 2.39. The van der Waals surface area contributed by atoms with Crippen LogP contribution in [-0.4, -0.2) is 44.5 Å². The van der Waals surface area contributed by atoms with E-state index < -0.39 is 0 Å². The quantitative estimate of drug-likeness (QED) is 0.165. The van der Waals surface area contributed by atoms with Crippen LogP contribution in [0.3, 0.4) is 0 Å². The first-order valence-electron chi connectivity index (χ1n) is 11.7. The van der Waals surface area contributed by atoms with Crippen molar-refractivity contribution in [2.24, 2.45) is 7.05 Å². The second-order valence-electron chi connectivity index (χ2n) is 8.25. The van der Waals surface area contributed by atoms with Gasteiger partial charge in [0.15, 0.2) is 11.5 Å². The number of nitrogens with zero attached hydrogens (tertiary/aromatic N) is 5. The summed E-state index contributed by atoms with van der Waals surface area (Å²) in [7, 11) is 3.33. The van der Waals surface area contributed by atoms with Gasteiger partial charge in [-0.15, -0.1) is 0 Å². The molecule has 1 aromatic carbocycles. The molecule has 37 heavy (non-hydrogen) atoms. The largest absolute Gasteiger partial charge is 0.494 e. The predicted octanol–water partition coefficient (Wildman–Crippen LogP) is 4.61. The number of methoxy groups -OCH3 is 1. The zero-order chi connectivity index (χ0) is 26.4. The summed E-state index contributed by atoms with van der Waals surface area (Å²) < 4.78 is 11.6. The maximum absolute atomic E-state index is 12.6. The van der Waals surface area contributed by atoms with Crippen LogP contribution in [0.15, 0.2) is 48.8 Å². The third-order valence-electron chi connectivity index (χ3n) is 5.60. The summed E-state index contributed by atoms with van der Waals surface area (Å²) in [6.45, 7) is 2.59. The fourth-order valence-electron chi connectivity index (χ4n) is 3.84. The van der Waals surface area contributed by atoms with E-state index in [9.17, 15) is 4.79 Å². The minimum Gasteiger partial charge on any atom is -0.494 e. The number of ether oxygens (including phenoxy) is 2. The Morgan fingerprint density at radius 1 is 1.19 bits per heavy atom. The molecule has 3 aromatic heterocycles. The van der Waals surface area contributed by atoms with E-state index in [4.69, 9.17) is 26.8 Å². The third kappa shape index (κ3) is 6.41. The summed E-state index contributed by atoms with van der Waals surface area (Å²) in [5.41, 5.74) is 10.5. The topological polar surface area (TPSA) is 130 Å². The lowest BCUT2D eigenvalue weighted by Gasteiger charge is -2.18. The Morgan fingerprint density at radius 3 is 2.73 bits per heavy atom. The normalized spacial score (nSPS) is 10.9. The number of hydrogen-bond acceptors (Lipinski definition) is 9. The zero-order valence-corrected chi connectivity index (χ0v) is 21.6. The second kappa shape index (κ2) is 11.8. The molecule has 3 N–H and O–H groups in total. The van der Waals surface area contributed by atoms with E-state index >= 15 is 0 Å². The van der Waals surface area contributed by atoms with Crippen molar-refractivity contribution in [1.29, 1.82) is 0 Å². The van der Waals surface area contributed by atoms with Gasteiger partial charge in [-0.25, -0.2) is 9.97 Å². The van der Waals surface area contributed by atoms with Crippen molar-refractivity contribution in [2.75, 3.05) is 24.8 Å². The summed E-state index contributed by atoms with van der Waals surface area (Å²) in [5, 5.41) is 12.3. The fourth-order valence-corrected chi connectivity index (χ4v) is 4.00. The maximum atomic E-state index is 12.6. The number of aromatic nitrogens is 5. The van der Waals surface area contributed by atoms with Gasteiger partial charge < -0.3 is 20.5 Å². The molecule has 0 atom stereocenters. The van der Waals surface area contributed by atoms with Crippen LogP contribution < -0.4 is 15.8 Å². The van der Waals surface area contributed by atoms with Gasteiger partial charge >= 0.3 is 0 Å². The number of halogens is 1. The summed E-state index contributed by atoms with van der Waals surface area (Å²) >= 11 is 6.17. The van der Waals surface area contributed by atoms with Gasteiger partial charge in [0, 0.05) is 25.2 Å². The molecule has 0 bridgehead atoms. The molecular formula is C26H28ClN7O3. The number of carbonyl (C=O) groups excluding carboxylic acids is 1. The van der Waals surface area contributed by atoms with Gasteiger partial charge in [0.25, 0.3) is 0 Å². The average Bonchev–Trinajstić information content (AvgIpc) is 3.32. The van der Waals surface area contributed by atoms with E-state index in [1.165, 1.54) is 11.0 Å². The summed E-state index contributed by atoms with van der Waals surface area (Å²) in [6, 6.07) is 11.0. The van der Waals surface area contributed by atoms with Gasteiger partial charge in [0.05, 0.1) is 49.2 Å². The number of nitrogen functional groups attached to an aromatic ring is 1. The monoisotopic (exact) mass is 521 g/mol. The lowest BCUT2D eigenvalue weighted by Crippen LogP contribution is -2.07. The standard InChI is InChI=1S/C26H28ClN7O3/c1-4-23(35)19-13-29-24(27)12-20(19)32-21-11-16(8-9-37-15-17-6-5-7-25(28)31-17)10-18(26(21)36-3)22-14-30-34(2)33-22/h5-7,10-14H,4,8-9,15H2,1-3H3,(H2,28,31)(H,29,32). The number of benzene rings is 1. The van der Waals surface area contributed by atoms with E-state index in [-0.39, 0.29) is 10.9 Å².